The van der Waals surface area contributed by atoms with E-state index in [1.807, 2.05) is 0 Å². The van der Waals surface area contributed by atoms with Gasteiger partial charge >= 0.3 is 17.0 Å². The highest BCUT2D eigenvalue weighted by atomic mass is 32.3. The van der Waals surface area contributed by atoms with Gasteiger partial charge in [0.2, 0.25) is 0 Å². The van der Waals surface area contributed by atoms with Crippen molar-refractivity contribution in [1.82, 2.24) is 0 Å². The van der Waals surface area contributed by atoms with Gasteiger partial charge in [0, 0.05) is 0 Å². The molecule has 108 valence electrons. The SMILES string of the molecule is O=C(O)C(S(=O)(=O)C(F)(F)F)S(=O)(=O)C(F)(F)F. The molecule has 18 heavy (non-hydrogen) atoms. The van der Waals surface area contributed by atoms with E-state index >= 15 is 0 Å². The summed E-state index contributed by atoms with van der Waals surface area (Å²) in [6, 6.07) is 0. The number of halogens is 6. The van der Waals surface area contributed by atoms with Crippen molar-refractivity contribution in [1.29, 1.82) is 0 Å². The Morgan fingerprint density at radius 2 is 1.06 bits per heavy atom. The molecule has 0 amide bonds. The van der Waals surface area contributed by atoms with Crippen LogP contribution in [-0.2, 0) is 24.5 Å². The molecule has 0 radical (unpaired) electrons. The highest BCUT2D eigenvalue weighted by molar-refractivity contribution is 8.10. The Hall–Kier alpha value is -1.05. The average Bonchev–Trinajstić information content (AvgIpc) is 1.96. The Morgan fingerprint density at radius 1 is 0.833 bits per heavy atom. The lowest BCUT2D eigenvalue weighted by Gasteiger charge is -2.17. The average molecular weight is 324 g/mol. The summed E-state index contributed by atoms with van der Waals surface area (Å²) in [7, 11) is -14.2. The number of hydrogen-bond acceptors (Lipinski definition) is 5. The third-order valence-corrected chi connectivity index (χ3v) is 5.75. The zero-order chi connectivity index (χ0) is 15.2. The van der Waals surface area contributed by atoms with E-state index in [2.05, 4.69) is 0 Å². The van der Waals surface area contributed by atoms with E-state index < -0.39 is 41.2 Å². The van der Waals surface area contributed by atoms with Gasteiger partial charge in [0.05, 0.1) is 0 Å². The third kappa shape index (κ3) is 2.68. The van der Waals surface area contributed by atoms with Crippen molar-refractivity contribution in [2.24, 2.45) is 0 Å². The first-order valence-electron chi connectivity index (χ1n) is 3.40. The summed E-state index contributed by atoms with van der Waals surface area (Å²) in [5.41, 5.74) is -12.9. The second-order valence-electron chi connectivity index (χ2n) is 2.65. The largest absolute Gasteiger partial charge is 0.499 e. The fraction of sp³-hybridized carbons (Fsp3) is 0.750. The summed E-state index contributed by atoms with van der Waals surface area (Å²) in [6.45, 7) is 0. The van der Waals surface area contributed by atoms with Crippen LogP contribution in [0.4, 0.5) is 26.3 Å². The summed E-state index contributed by atoms with van der Waals surface area (Å²) in [6.07, 6.45) is 0. The van der Waals surface area contributed by atoms with E-state index in [0.717, 1.165) is 0 Å². The van der Waals surface area contributed by atoms with E-state index in [1.165, 1.54) is 0 Å². The van der Waals surface area contributed by atoms with Crippen molar-refractivity contribution in [3.63, 3.8) is 0 Å². The van der Waals surface area contributed by atoms with Crippen LogP contribution in [0.15, 0.2) is 0 Å². The van der Waals surface area contributed by atoms with Crippen molar-refractivity contribution in [2.75, 3.05) is 0 Å². The Labute approximate surface area is 95.0 Å². The van der Waals surface area contributed by atoms with E-state index in [0.29, 0.717) is 0 Å². The number of hydrogen-bond donors (Lipinski definition) is 1. The monoisotopic (exact) mass is 324 g/mol. The van der Waals surface area contributed by atoms with Gasteiger partial charge in [0.25, 0.3) is 24.3 Å². The van der Waals surface area contributed by atoms with Crippen LogP contribution in [0.25, 0.3) is 0 Å². The molecule has 0 fully saturated rings. The number of sulfone groups is 2. The molecule has 0 aliphatic heterocycles. The normalized spacial score (nSPS) is 14.8. The van der Waals surface area contributed by atoms with Crippen LogP contribution < -0.4 is 0 Å². The Bertz CT molecular complexity index is 494. The molecular formula is C4H2F6O6S2. The fourth-order valence-corrected chi connectivity index (χ4v) is 3.68. The highest BCUT2D eigenvalue weighted by Gasteiger charge is 2.66. The number of carbonyl (C=O) groups is 1. The number of rotatable bonds is 3. The van der Waals surface area contributed by atoms with Gasteiger partial charge in [0.15, 0.2) is 0 Å². The minimum atomic E-state index is -7.09. The predicted octanol–water partition coefficient (Wildman–Crippen LogP) is 0.266. The van der Waals surface area contributed by atoms with Gasteiger partial charge in [-0.15, -0.1) is 0 Å². The molecule has 14 heteroatoms. The molecule has 0 saturated heterocycles. The van der Waals surface area contributed by atoms with Gasteiger partial charge in [-0.3, -0.25) is 0 Å². The van der Waals surface area contributed by atoms with Crippen LogP contribution in [-0.4, -0.2) is 43.5 Å². The van der Waals surface area contributed by atoms with Crippen LogP contribution in [0.1, 0.15) is 0 Å². The lowest BCUT2D eigenvalue weighted by Crippen LogP contribution is -2.49. The molecule has 1 N–H and O–H groups in total. The van der Waals surface area contributed by atoms with Gasteiger partial charge < -0.3 is 5.11 Å². The van der Waals surface area contributed by atoms with Gasteiger partial charge in [-0.25, -0.2) is 21.6 Å². The van der Waals surface area contributed by atoms with Gasteiger partial charge in [-0.1, -0.05) is 0 Å². The van der Waals surface area contributed by atoms with Gasteiger partial charge in [-0.2, -0.15) is 26.3 Å². The minimum absolute atomic E-state index is 3.30. The maximum atomic E-state index is 11.9. The fourth-order valence-electron chi connectivity index (χ4n) is 0.675. The number of alkyl halides is 6. The zero-order valence-corrected chi connectivity index (χ0v) is 9.28. The first kappa shape index (κ1) is 16.9. The standard InChI is InChI=1S/C4H2F6O6S2/c5-3(6,7)17(13,14)2(1(11)12)18(15,16)4(8,9)10/h2H,(H,11,12). The molecule has 6 nitrogen and oxygen atoms in total. The smallest absolute Gasteiger partial charge is 0.480 e. The first-order valence-corrected chi connectivity index (χ1v) is 6.49. The second-order valence-corrected chi connectivity index (χ2v) is 7.00. The van der Waals surface area contributed by atoms with Crippen LogP contribution in [0.2, 0.25) is 0 Å². The molecule has 0 rings (SSSR count). The van der Waals surface area contributed by atoms with E-state index in [-0.39, 0.29) is 0 Å². The zero-order valence-electron chi connectivity index (χ0n) is 7.65. The Balaban J connectivity index is 6.23. The quantitative estimate of drug-likeness (QED) is 0.747. The van der Waals surface area contributed by atoms with Crippen molar-refractivity contribution < 1.29 is 53.1 Å². The lowest BCUT2D eigenvalue weighted by atomic mass is 10.8. The number of carboxylic acids is 1. The molecule has 0 unspecified atom stereocenters. The third-order valence-electron chi connectivity index (χ3n) is 1.41. The molecule has 0 aliphatic carbocycles. The molecule has 0 spiro atoms. The van der Waals surface area contributed by atoms with Crippen LogP contribution in [0.5, 0.6) is 0 Å². The van der Waals surface area contributed by atoms with E-state index in [1.54, 1.807) is 0 Å². The molecule has 0 saturated carbocycles. The molecule has 0 aromatic carbocycles. The summed E-state index contributed by atoms with van der Waals surface area (Å²) in [4.78, 5) is 10.1. The molecule has 0 aromatic rings. The van der Waals surface area contributed by atoms with Crippen molar-refractivity contribution in [3.8, 4) is 0 Å². The molecule has 0 bridgehead atoms. The van der Waals surface area contributed by atoms with Crippen molar-refractivity contribution in [3.05, 3.63) is 0 Å². The summed E-state index contributed by atoms with van der Waals surface area (Å²) >= 11 is 0. The van der Waals surface area contributed by atoms with E-state index in [4.69, 9.17) is 5.11 Å². The second kappa shape index (κ2) is 4.25. The molecule has 0 aromatic heterocycles. The summed E-state index contributed by atoms with van der Waals surface area (Å²) in [5, 5.41) is 8.01. The summed E-state index contributed by atoms with van der Waals surface area (Å²) in [5.74, 6) is -3.30. The van der Waals surface area contributed by atoms with E-state index in [9.17, 15) is 48.0 Å². The Kier molecular flexibility index (Phi) is 4.01. The molecule has 0 heterocycles. The predicted molar refractivity (Wildman–Crippen MR) is 41.4 cm³/mol. The number of carboxylic acid groups (broad SMARTS) is 1. The first-order chi connectivity index (χ1) is 7.57. The number of aliphatic carboxylic acids is 1. The molecular weight excluding hydrogens is 322 g/mol. The maximum Gasteiger partial charge on any atom is 0.499 e. The van der Waals surface area contributed by atoms with Crippen molar-refractivity contribution >= 4 is 25.6 Å². The van der Waals surface area contributed by atoms with Crippen molar-refractivity contribution in [2.45, 2.75) is 15.6 Å². The van der Waals surface area contributed by atoms with Crippen LogP contribution in [0.3, 0.4) is 0 Å². The Morgan fingerprint density at radius 3 is 1.17 bits per heavy atom. The molecule has 0 atom stereocenters. The summed E-state index contributed by atoms with van der Waals surface area (Å²) < 4.78 is 109. The molecule has 0 aliphatic rings. The van der Waals surface area contributed by atoms with Gasteiger partial charge in [-0.05, 0) is 0 Å². The topological polar surface area (TPSA) is 106 Å². The maximum absolute atomic E-state index is 11.9. The van der Waals surface area contributed by atoms with Crippen LogP contribution >= 0.6 is 0 Å². The lowest BCUT2D eigenvalue weighted by molar-refractivity contribution is -0.135. The van der Waals surface area contributed by atoms with Crippen LogP contribution in [0, 0.1) is 0 Å². The highest BCUT2D eigenvalue weighted by Crippen LogP contribution is 2.36. The minimum Gasteiger partial charge on any atom is -0.480 e. The van der Waals surface area contributed by atoms with Gasteiger partial charge in [0.1, 0.15) is 0 Å².